The summed E-state index contributed by atoms with van der Waals surface area (Å²) in [6.45, 7) is 6.15. The fourth-order valence-corrected chi connectivity index (χ4v) is 5.00. The van der Waals surface area contributed by atoms with E-state index in [1.807, 2.05) is 39.0 Å². The van der Waals surface area contributed by atoms with Crippen molar-refractivity contribution in [3.8, 4) is 0 Å². The Balaban J connectivity index is 1.73. The number of thioether (sulfide) groups is 1. The number of amides is 2. The first-order chi connectivity index (χ1) is 14.6. The molecule has 2 aromatic carbocycles. The zero-order chi connectivity index (χ0) is 22.8. The van der Waals surface area contributed by atoms with Crippen LogP contribution in [0, 0.1) is 13.8 Å². The molecular weight excluding hydrogens is 436 g/mol. The Bertz CT molecular complexity index is 1120. The SMILES string of the molecule is CCN1C(=O)C(CC(=O)Nc2cc(C)cc(C)c2)SC1=Nc1ccc(S(N)(=O)=O)cc1. The second kappa shape index (κ2) is 9.21. The summed E-state index contributed by atoms with van der Waals surface area (Å²) in [5, 5.41) is 7.86. The molecule has 1 fully saturated rings. The fraction of sp³-hybridized carbons (Fsp3) is 0.286. The van der Waals surface area contributed by atoms with Crippen molar-refractivity contribution in [3.63, 3.8) is 0 Å². The number of carbonyl (C=O) groups excluding carboxylic acids is 2. The van der Waals surface area contributed by atoms with E-state index in [0.717, 1.165) is 11.1 Å². The average Bonchev–Trinajstić information content (AvgIpc) is 2.94. The Labute approximate surface area is 186 Å². The maximum Gasteiger partial charge on any atom is 0.242 e. The van der Waals surface area contributed by atoms with Gasteiger partial charge in [0.05, 0.1) is 10.6 Å². The largest absolute Gasteiger partial charge is 0.326 e. The van der Waals surface area contributed by atoms with Crippen molar-refractivity contribution in [2.75, 3.05) is 11.9 Å². The molecule has 1 aliphatic heterocycles. The number of hydrogen-bond acceptors (Lipinski definition) is 6. The summed E-state index contributed by atoms with van der Waals surface area (Å²) in [5.74, 6) is -0.423. The predicted octanol–water partition coefficient (Wildman–Crippen LogP) is 2.93. The fourth-order valence-electron chi connectivity index (χ4n) is 3.26. The van der Waals surface area contributed by atoms with Gasteiger partial charge in [-0.05, 0) is 68.3 Å². The molecule has 3 N–H and O–H groups in total. The molecule has 0 aliphatic carbocycles. The Hall–Kier alpha value is -2.69. The van der Waals surface area contributed by atoms with Crippen molar-refractivity contribution in [2.24, 2.45) is 10.1 Å². The van der Waals surface area contributed by atoms with E-state index in [1.165, 1.54) is 40.9 Å². The summed E-state index contributed by atoms with van der Waals surface area (Å²) in [6.07, 6.45) is 0.0242. The first kappa shape index (κ1) is 23.0. The third-order valence-electron chi connectivity index (χ3n) is 4.60. The lowest BCUT2D eigenvalue weighted by Gasteiger charge is -2.13. The first-order valence-electron chi connectivity index (χ1n) is 9.64. The lowest BCUT2D eigenvalue weighted by atomic mass is 10.1. The van der Waals surface area contributed by atoms with Crippen LogP contribution in [0.3, 0.4) is 0 Å². The molecule has 0 aromatic heterocycles. The number of rotatable bonds is 6. The van der Waals surface area contributed by atoms with Crippen molar-refractivity contribution in [1.82, 2.24) is 4.90 Å². The van der Waals surface area contributed by atoms with Crippen LogP contribution in [0.1, 0.15) is 24.5 Å². The number of nitrogens with two attached hydrogens (primary N) is 1. The summed E-state index contributed by atoms with van der Waals surface area (Å²) in [4.78, 5) is 31.3. The normalized spacial score (nSPS) is 17.9. The van der Waals surface area contributed by atoms with E-state index in [1.54, 1.807) is 0 Å². The minimum absolute atomic E-state index is 0.0140. The van der Waals surface area contributed by atoms with Crippen LogP contribution in [0.5, 0.6) is 0 Å². The van der Waals surface area contributed by atoms with E-state index in [2.05, 4.69) is 10.3 Å². The highest BCUT2D eigenvalue weighted by Gasteiger charge is 2.38. The molecule has 0 saturated carbocycles. The highest BCUT2D eigenvalue weighted by molar-refractivity contribution is 8.15. The molecule has 0 bridgehead atoms. The summed E-state index contributed by atoms with van der Waals surface area (Å²) in [7, 11) is -3.79. The van der Waals surface area contributed by atoms with E-state index in [0.29, 0.717) is 23.1 Å². The Kier molecular flexibility index (Phi) is 6.83. The summed E-state index contributed by atoms with van der Waals surface area (Å²) in [5.41, 5.74) is 3.28. The standard InChI is InChI=1S/C21H24N4O4S2/c1-4-25-20(27)18(12-19(26)23-16-10-13(2)9-14(3)11-16)30-21(25)24-15-5-7-17(8-6-15)31(22,28)29/h5-11,18H,4,12H2,1-3H3,(H,23,26)(H2,22,28,29). The van der Waals surface area contributed by atoms with Gasteiger partial charge in [0, 0.05) is 18.7 Å². The topological polar surface area (TPSA) is 122 Å². The molecule has 1 aliphatic rings. The highest BCUT2D eigenvalue weighted by Crippen LogP contribution is 2.32. The number of hydrogen-bond donors (Lipinski definition) is 2. The maximum absolute atomic E-state index is 12.8. The van der Waals surface area contributed by atoms with E-state index in [9.17, 15) is 18.0 Å². The number of nitrogens with zero attached hydrogens (tertiary/aromatic N) is 2. The van der Waals surface area contributed by atoms with Gasteiger partial charge < -0.3 is 5.32 Å². The minimum Gasteiger partial charge on any atom is -0.326 e. The van der Waals surface area contributed by atoms with Crippen LogP contribution in [0.25, 0.3) is 0 Å². The summed E-state index contributed by atoms with van der Waals surface area (Å²) >= 11 is 1.22. The average molecular weight is 461 g/mol. The first-order valence-corrected chi connectivity index (χ1v) is 12.1. The molecule has 1 unspecified atom stereocenters. The summed E-state index contributed by atoms with van der Waals surface area (Å²) in [6, 6.07) is 11.5. The number of aryl methyl sites for hydroxylation is 2. The monoisotopic (exact) mass is 460 g/mol. The maximum atomic E-state index is 12.8. The number of aliphatic imine (C=N–C) groups is 1. The number of benzene rings is 2. The highest BCUT2D eigenvalue weighted by atomic mass is 32.2. The van der Waals surface area contributed by atoms with E-state index in [-0.39, 0.29) is 23.1 Å². The number of amidine groups is 1. The van der Waals surface area contributed by atoms with Crippen molar-refractivity contribution in [3.05, 3.63) is 53.6 Å². The van der Waals surface area contributed by atoms with E-state index >= 15 is 0 Å². The van der Waals surface area contributed by atoms with Gasteiger partial charge in [-0.25, -0.2) is 18.5 Å². The molecule has 0 radical (unpaired) electrons. The van der Waals surface area contributed by atoms with Gasteiger partial charge in [-0.15, -0.1) is 0 Å². The van der Waals surface area contributed by atoms with E-state index < -0.39 is 15.3 Å². The van der Waals surface area contributed by atoms with Gasteiger partial charge in [0.2, 0.25) is 21.8 Å². The molecule has 10 heteroatoms. The van der Waals surface area contributed by atoms with Gasteiger partial charge in [0.1, 0.15) is 5.25 Å². The van der Waals surface area contributed by atoms with Crippen LogP contribution >= 0.6 is 11.8 Å². The summed E-state index contributed by atoms with van der Waals surface area (Å²) < 4.78 is 22.8. The van der Waals surface area contributed by atoms with Crippen LogP contribution < -0.4 is 10.5 Å². The second-order valence-corrected chi connectivity index (χ2v) is 9.98. The second-order valence-electron chi connectivity index (χ2n) is 7.25. The van der Waals surface area contributed by atoms with Gasteiger partial charge >= 0.3 is 0 Å². The predicted molar refractivity (Wildman–Crippen MR) is 123 cm³/mol. The van der Waals surface area contributed by atoms with Crippen LogP contribution in [0.4, 0.5) is 11.4 Å². The lowest BCUT2D eigenvalue weighted by molar-refractivity contribution is -0.128. The van der Waals surface area contributed by atoms with Crippen molar-refractivity contribution < 1.29 is 18.0 Å². The third kappa shape index (κ3) is 5.72. The number of nitrogens with one attached hydrogen (secondary N) is 1. The number of sulfonamides is 1. The molecule has 0 spiro atoms. The third-order valence-corrected chi connectivity index (χ3v) is 6.71. The molecular formula is C21H24N4O4S2. The smallest absolute Gasteiger partial charge is 0.242 e. The molecule has 3 rings (SSSR count). The number of primary sulfonamides is 1. The lowest BCUT2D eigenvalue weighted by Crippen LogP contribution is -2.33. The minimum atomic E-state index is -3.79. The van der Waals surface area contributed by atoms with Gasteiger partial charge in [0.25, 0.3) is 0 Å². The van der Waals surface area contributed by atoms with Crippen LogP contribution in [-0.4, -0.2) is 42.1 Å². The number of anilines is 1. The molecule has 164 valence electrons. The molecule has 1 atom stereocenters. The van der Waals surface area contributed by atoms with Crippen LogP contribution in [0.15, 0.2) is 52.4 Å². The van der Waals surface area contributed by atoms with Crippen molar-refractivity contribution in [2.45, 2.75) is 37.3 Å². The molecule has 2 amide bonds. The van der Waals surface area contributed by atoms with Crippen molar-refractivity contribution in [1.29, 1.82) is 0 Å². The quantitative estimate of drug-likeness (QED) is 0.686. The Morgan fingerprint density at radius 1 is 1.16 bits per heavy atom. The molecule has 2 aromatic rings. The van der Waals surface area contributed by atoms with E-state index in [4.69, 9.17) is 5.14 Å². The zero-order valence-corrected chi connectivity index (χ0v) is 19.1. The van der Waals surface area contributed by atoms with Crippen LogP contribution in [0.2, 0.25) is 0 Å². The molecule has 31 heavy (non-hydrogen) atoms. The van der Waals surface area contributed by atoms with Gasteiger partial charge in [-0.3, -0.25) is 14.5 Å². The van der Waals surface area contributed by atoms with Crippen LogP contribution in [-0.2, 0) is 19.6 Å². The van der Waals surface area contributed by atoms with Gasteiger partial charge in [0.15, 0.2) is 5.17 Å². The Morgan fingerprint density at radius 3 is 2.32 bits per heavy atom. The zero-order valence-electron chi connectivity index (χ0n) is 17.5. The number of carbonyl (C=O) groups is 2. The molecule has 1 saturated heterocycles. The Morgan fingerprint density at radius 2 is 1.77 bits per heavy atom. The molecule has 1 heterocycles. The molecule has 8 nitrogen and oxygen atoms in total. The van der Waals surface area contributed by atoms with Crippen molar-refractivity contribution >= 4 is 50.1 Å². The van der Waals surface area contributed by atoms with Gasteiger partial charge in [-0.2, -0.15) is 0 Å². The van der Waals surface area contributed by atoms with Gasteiger partial charge in [-0.1, -0.05) is 17.8 Å².